The topological polar surface area (TPSA) is 58.9 Å². The SMILES string of the molecule is CCCCCCB(Oc1ccc(O)cc1C1CCCCC1)Oc1ccc(O)cc1C1CCCCC1. The number of phenolic OH excluding ortho intramolecular Hbond substituents is 2. The average molecular weight is 478 g/mol. The standard InChI is InChI=1S/C30H43BO4/c1-2-3-4-11-20-31(34-29-18-16-25(32)21-27(29)23-12-7-5-8-13-23)35-30-19-17-26(33)22-28(30)24-14-9-6-10-15-24/h16-19,21-24,32-33H,2-15,20H2,1H3. The molecule has 2 aromatic carbocycles. The molecule has 2 aliphatic rings. The quantitative estimate of drug-likeness (QED) is 0.250. The van der Waals surface area contributed by atoms with Crippen molar-refractivity contribution < 1.29 is 19.5 Å². The Labute approximate surface area is 212 Å². The Morgan fingerprint density at radius 2 is 1.17 bits per heavy atom. The van der Waals surface area contributed by atoms with Crippen molar-refractivity contribution in [3.63, 3.8) is 0 Å². The number of hydrogen-bond donors (Lipinski definition) is 2. The van der Waals surface area contributed by atoms with Gasteiger partial charge in [-0.3, -0.25) is 0 Å². The minimum atomic E-state index is -0.398. The van der Waals surface area contributed by atoms with E-state index in [1.807, 2.05) is 24.3 Å². The van der Waals surface area contributed by atoms with Gasteiger partial charge >= 0.3 is 7.12 Å². The lowest BCUT2D eigenvalue weighted by Gasteiger charge is -2.28. The first-order valence-electron chi connectivity index (χ1n) is 14.1. The van der Waals surface area contributed by atoms with Crippen molar-refractivity contribution in [2.24, 2.45) is 0 Å². The zero-order valence-corrected chi connectivity index (χ0v) is 21.5. The summed E-state index contributed by atoms with van der Waals surface area (Å²) in [6.07, 6.45) is 17.5. The number of phenols is 2. The normalized spacial score (nSPS) is 17.3. The van der Waals surface area contributed by atoms with Gasteiger partial charge in [0.05, 0.1) is 0 Å². The molecule has 0 amide bonds. The van der Waals surface area contributed by atoms with E-state index in [0.717, 1.165) is 67.5 Å². The van der Waals surface area contributed by atoms with E-state index in [9.17, 15) is 10.2 Å². The van der Waals surface area contributed by atoms with Gasteiger partial charge in [-0.2, -0.15) is 0 Å². The summed E-state index contributed by atoms with van der Waals surface area (Å²) in [5, 5.41) is 20.5. The first-order chi connectivity index (χ1) is 17.1. The number of rotatable bonds is 11. The Balaban J connectivity index is 1.57. The molecule has 0 atom stereocenters. The molecule has 0 spiro atoms. The average Bonchev–Trinajstić information content (AvgIpc) is 2.89. The van der Waals surface area contributed by atoms with Crippen LogP contribution in [0.1, 0.15) is 120 Å². The highest BCUT2D eigenvalue weighted by molar-refractivity contribution is 6.46. The van der Waals surface area contributed by atoms with Gasteiger partial charge in [-0.05, 0) is 85.0 Å². The molecule has 2 fully saturated rings. The molecule has 5 heteroatoms. The first-order valence-corrected chi connectivity index (χ1v) is 14.1. The molecule has 0 saturated heterocycles. The predicted octanol–water partition coefficient (Wildman–Crippen LogP) is 8.72. The van der Waals surface area contributed by atoms with E-state index in [4.69, 9.17) is 9.31 Å². The summed E-state index contributed by atoms with van der Waals surface area (Å²) < 4.78 is 13.2. The third-order valence-electron chi connectivity index (χ3n) is 7.89. The van der Waals surface area contributed by atoms with E-state index in [1.54, 1.807) is 12.1 Å². The fraction of sp³-hybridized carbons (Fsp3) is 0.600. The minimum absolute atomic E-state index is 0.302. The Kier molecular flexibility index (Phi) is 9.68. The lowest BCUT2D eigenvalue weighted by atomic mass is 9.79. The Bertz CT molecular complexity index is 849. The smallest absolute Gasteiger partial charge is 0.526 e. The maximum atomic E-state index is 10.2. The second-order valence-corrected chi connectivity index (χ2v) is 10.6. The van der Waals surface area contributed by atoms with Crippen LogP contribution in [-0.4, -0.2) is 17.3 Å². The summed E-state index contributed by atoms with van der Waals surface area (Å²) in [6.45, 7) is 2.23. The zero-order valence-electron chi connectivity index (χ0n) is 21.5. The number of benzene rings is 2. The van der Waals surface area contributed by atoms with Gasteiger partial charge in [0.25, 0.3) is 0 Å². The number of aromatic hydroxyl groups is 2. The number of hydrogen-bond acceptors (Lipinski definition) is 4. The van der Waals surface area contributed by atoms with Gasteiger partial charge in [0.1, 0.15) is 23.0 Å². The van der Waals surface area contributed by atoms with Crippen LogP contribution in [0, 0.1) is 0 Å². The van der Waals surface area contributed by atoms with Crippen molar-refractivity contribution >= 4 is 7.12 Å². The maximum absolute atomic E-state index is 10.2. The van der Waals surface area contributed by atoms with Crippen molar-refractivity contribution in [2.45, 2.75) is 115 Å². The molecule has 4 nitrogen and oxygen atoms in total. The van der Waals surface area contributed by atoms with Crippen molar-refractivity contribution in [3.05, 3.63) is 47.5 Å². The van der Waals surface area contributed by atoms with Gasteiger partial charge < -0.3 is 19.5 Å². The molecule has 35 heavy (non-hydrogen) atoms. The predicted molar refractivity (Wildman–Crippen MR) is 144 cm³/mol. The highest BCUT2D eigenvalue weighted by Gasteiger charge is 2.29. The van der Waals surface area contributed by atoms with Gasteiger partial charge in [0, 0.05) is 6.32 Å². The molecule has 0 aliphatic heterocycles. The Morgan fingerprint density at radius 3 is 1.63 bits per heavy atom. The largest absolute Gasteiger partial charge is 0.594 e. The van der Waals surface area contributed by atoms with Crippen LogP contribution in [0.25, 0.3) is 0 Å². The van der Waals surface area contributed by atoms with Crippen LogP contribution < -0.4 is 9.31 Å². The Morgan fingerprint density at radius 1 is 0.686 bits per heavy atom. The second kappa shape index (κ2) is 13.1. The molecule has 2 saturated carbocycles. The van der Waals surface area contributed by atoms with Crippen LogP contribution in [0.2, 0.25) is 6.32 Å². The summed E-state index contributed by atoms with van der Waals surface area (Å²) in [7, 11) is -0.398. The highest BCUT2D eigenvalue weighted by atomic mass is 16.6. The molecule has 0 aromatic heterocycles. The maximum Gasteiger partial charge on any atom is 0.594 e. The van der Waals surface area contributed by atoms with Gasteiger partial charge in [0.15, 0.2) is 0 Å². The Hall–Kier alpha value is -2.30. The van der Waals surface area contributed by atoms with Gasteiger partial charge in [0.2, 0.25) is 0 Å². The zero-order chi connectivity index (χ0) is 24.5. The van der Waals surface area contributed by atoms with Gasteiger partial charge in [-0.1, -0.05) is 71.1 Å². The van der Waals surface area contributed by atoms with Gasteiger partial charge in [-0.15, -0.1) is 0 Å². The van der Waals surface area contributed by atoms with Crippen LogP contribution >= 0.6 is 0 Å². The summed E-state index contributed by atoms with van der Waals surface area (Å²) in [5.74, 6) is 3.14. The second-order valence-electron chi connectivity index (χ2n) is 10.6. The van der Waals surface area contributed by atoms with E-state index in [-0.39, 0.29) is 0 Å². The fourth-order valence-corrected chi connectivity index (χ4v) is 5.91. The van der Waals surface area contributed by atoms with E-state index >= 15 is 0 Å². The molecule has 2 aromatic rings. The third-order valence-corrected chi connectivity index (χ3v) is 7.89. The van der Waals surface area contributed by atoms with Crippen LogP contribution in [0.15, 0.2) is 36.4 Å². The van der Waals surface area contributed by atoms with Crippen molar-refractivity contribution in [1.29, 1.82) is 0 Å². The van der Waals surface area contributed by atoms with Crippen LogP contribution in [0.4, 0.5) is 0 Å². The van der Waals surface area contributed by atoms with Crippen LogP contribution in [0.5, 0.6) is 23.0 Å². The molecule has 0 bridgehead atoms. The molecule has 2 aliphatic carbocycles. The van der Waals surface area contributed by atoms with Crippen molar-refractivity contribution in [1.82, 2.24) is 0 Å². The van der Waals surface area contributed by atoms with Crippen molar-refractivity contribution in [2.75, 3.05) is 0 Å². The summed E-state index contributed by atoms with van der Waals surface area (Å²) in [6, 6.07) is 11.1. The monoisotopic (exact) mass is 478 g/mol. The lowest BCUT2D eigenvalue weighted by Crippen LogP contribution is -2.31. The highest BCUT2D eigenvalue weighted by Crippen LogP contribution is 2.41. The van der Waals surface area contributed by atoms with Gasteiger partial charge in [-0.25, -0.2) is 0 Å². The molecular formula is C30H43BO4. The molecule has 0 unspecified atom stereocenters. The first kappa shape index (κ1) is 25.8. The van der Waals surface area contributed by atoms with Crippen LogP contribution in [0.3, 0.4) is 0 Å². The lowest BCUT2D eigenvalue weighted by molar-refractivity contribution is 0.384. The van der Waals surface area contributed by atoms with Crippen LogP contribution in [-0.2, 0) is 0 Å². The third kappa shape index (κ3) is 7.35. The summed E-state index contributed by atoms with van der Waals surface area (Å²) in [5.41, 5.74) is 2.23. The molecule has 190 valence electrons. The summed E-state index contributed by atoms with van der Waals surface area (Å²) in [4.78, 5) is 0. The van der Waals surface area contributed by atoms with Crippen molar-refractivity contribution in [3.8, 4) is 23.0 Å². The van der Waals surface area contributed by atoms with E-state index < -0.39 is 7.12 Å². The van der Waals surface area contributed by atoms with E-state index in [1.165, 1.54) is 51.4 Å². The molecule has 2 N–H and O–H groups in total. The molecule has 0 radical (unpaired) electrons. The fourth-order valence-electron chi connectivity index (χ4n) is 5.91. The number of unbranched alkanes of at least 4 members (excludes halogenated alkanes) is 3. The minimum Gasteiger partial charge on any atom is -0.526 e. The van der Waals surface area contributed by atoms with E-state index in [0.29, 0.717) is 23.3 Å². The molecular weight excluding hydrogens is 435 g/mol. The van der Waals surface area contributed by atoms with E-state index in [2.05, 4.69) is 6.92 Å². The molecule has 0 heterocycles. The summed E-state index contributed by atoms with van der Waals surface area (Å²) >= 11 is 0. The molecule has 4 rings (SSSR count).